The Hall–Kier alpha value is -1.38. The summed E-state index contributed by atoms with van der Waals surface area (Å²) in [6, 6.07) is 8.87. The normalized spacial score (nSPS) is 12.5. The molecule has 0 aliphatic rings. The van der Waals surface area contributed by atoms with E-state index in [1.165, 1.54) is 11.6 Å². The zero-order chi connectivity index (χ0) is 14.9. The molecule has 0 aliphatic heterocycles. The summed E-state index contributed by atoms with van der Waals surface area (Å²) in [5, 5.41) is 10.5. The molecule has 1 atom stereocenters. The van der Waals surface area contributed by atoms with E-state index in [-0.39, 0.29) is 11.4 Å². The Morgan fingerprint density at radius 3 is 2.45 bits per heavy atom. The van der Waals surface area contributed by atoms with E-state index < -0.39 is 11.9 Å². The molecule has 0 saturated heterocycles. The van der Waals surface area contributed by atoms with Crippen molar-refractivity contribution in [2.75, 3.05) is 0 Å². The van der Waals surface area contributed by atoms with E-state index in [1.54, 1.807) is 12.1 Å². The summed E-state index contributed by atoms with van der Waals surface area (Å²) < 4.78 is 13.9. The summed E-state index contributed by atoms with van der Waals surface area (Å²) in [6.07, 6.45) is -0.516. The molecule has 0 fully saturated rings. The van der Waals surface area contributed by atoms with Crippen LogP contribution in [0.25, 0.3) is 0 Å². The van der Waals surface area contributed by atoms with Crippen molar-refractivity contribution < 1.29 is 9.50 Å². The first kappa shape index (κ1) is 15.0. The molecule has 20 heavy (non-hydrogen) atoms. The fraction of sp³-hybridized carbons (Fsp3) is 0.294. The van der Waals surface area contributed by atoms with Crippen molar-refractivity contribution in [1.29, 1.82) is 0 Å². The number of aliphatic hydroxyl groups is 1. The van der Waals surface area contributed by atoms with Crippen molar-refractivity contribution in [3.63, 3.8) is 0 Å². The lowest BCUT2D eigenvalue weighted by Gasteiger charge is -2.16. The van der Waals surface area contributed by atoms with Crippen molar-refractivity contribution in [1.82, 2.24) is 0 Å². The SMILES string of the molecule is Cc1cc(C)c(C(O)Cc2cccc(Cl)c2F)cc1C. The monoisotopic (exact) mass is 292 g/mol. The molecule has 0 heterocycles. The van der Waals surface area contributed by atoms with Gasteiger partial charge in [-0.1, -0.05) is 35.9 Å². The van der Waals surface area contributed by atoms with E-state index in [2.05, 4.69) is 0 Å². The Morgan fingerprint density at radius 2 is 1.75 bits per heavy atom. The predicted molar refractivity (Wildman–Crippen MR) is 80.7 cm³/mol. The molecule has 1 N–H and O–H groups in total. The second-order valence-corrected chi connectivity index (χ2v) is 5.63. The number of benzene rings is 2. The van der Waals surface area contributed by atoms with Gasteiger partial charge in [0.1, 0.15) is 5.82 Å². The highest BCUT2D eigenvalue weighted by atomic mass is 35.5. The van der Waals surface area contributed by atoms with Crippen LogP contribution in [0.1, 0.15) is 33.9 Å². The number of aryl methyl sites for hydroxylation is 3. The van der Waals surface area contributed by atoms with Crippen LogP contribution in [0.2, 0.25) is 5.02 Å². The van der Waals surface area contributed by atoms with E-state index >= 15 is 0 Å². The standard InChI is InChI=1S/C17H18ClFO/c1-10-7-12(3)14(8-11(10)2)16(20)9-13-5-4-6-15(18)17(13)19/h4-8,16,20H,9H2,1-3H3. The summed E-state index contributed by atoms with van der Waals surface area (Å²) in [5.41, 5.74) is 4.60. The molecule has 0 saturated carbocycles. The lowest BCUT2D eigenvalue weighted by Crippen LogP contribution is -2.06. The predicted octanol–water partition coefficient (Wildman–Crippen LogP) is 4.68. The third-order valence-electron chi connectivity index (χ3n) is 3.69. The molecular formula is C17H18ClFO. The maximum Gasteiger partial charge on any atom is 0.145 e. The molecule has 0 amide bonds. The second-order valence-electron chi connectivity index (χ2n) is 5.23. The molecule has 0 aliphatic carbocycles. The average molecular weight is 293 g/mol. The van der Waals surface area contributed by atoms with Gasteiger partial charge in [0.25, 0.3) is 0 Å². The van der Waals surface area contributed by atoms with Crippen molar-refractivity contribution in [3.05, 3.63) is 69.0 Å². The molecule has 0 radical (unpaired) electrons. The molecule has 0 aromatic heterocycles. The van der Waals surface area contributed by atoms with Crippen molar-refractivity contribution in [3.8, 4) is 0 Å². The van der Waals surface area contributed by atoms with Gasteiger partial charge in [0.2, 0.25) is 0 Å². The highest BCUT2D eigenvalue weighted by molar-refractivity contribution is 6.30. The molecule has 2 aromatic rings. The summed E-state index contributed by atoms with van der Waals surface area (Å²) >= 11 is 5.76. The number of rotatable bonds is 3. The molecular weight excluding hydrogens is 275 g/mol. The van der Waals surface area contributed by atoms with Crippen LogP contribution in [0, 0.1) is 26.6 Å². The van der Waals surface area contributed by atoms with Crippen LogP contribution >= 0.6 is 11.6 Å². The van der Waals surface area contributed by atoms with E-state index in [4.69, 9.17) is 11.6 Å². The van der Waals surface area contributed by atoms with Gasteiger partial charge in [-0.15, -0.1) is 0 Å². The largest absolute Gasteiger partial charge is 0.388 e. The maximum atomic E-state index is 13.9. The van der Waals surface area contributed by atoms with Gasteiger partial charge in [-0.05, 0) is 54.7 Å². The fourth-order valence-corrected chi connectivity index (χ4v) is 2.56. The van der Waals surface area contributed by atoms with Crippen LogP contribution in [0.3, 0.4) is 0 Å². The van der Waals surface area contributed by atoms with E-state index in [9.17, 15) is 9.50 Å². The van der Waals surface area contributed by atoms with Crippen molar-refractivity contribution >= 4 is 11.6 Å². The fourth-order valence-electron chi connectivity index (χ4n) is 2.37. The topological polar surface area (TPSA) is 20.2 Å². The Bertz CT molecular complexity index is 637. The van der Waals surface area contributed by atoms with Gasteiger partial charge < -0.3 is 5.11 Å². The molecule has 0 spiro atoms. The van der Waals surface area contributed by atoms with Crippen LogP contribution in [0.15, 0.2) is 30.3 Å². The van der Waals surface area contributed by atoms with Gasteiger partial charge in [0.15, 0.2) is 0 Å². The smallest absolute Gasteiger partial charge is 0.145 e. The van der Waals surface area contributed by atoms with Gasteiger partial charge in [-0.3, -0.25) is 0 Å². The Balaban J connectivity index is 2.31. The summed E-state index contributed by atoms with van der Waals surface area (Å²) in [4.78, 5) is 0. The summed E-state index contributed by atoms with van der Waals surface area (Å²) in [6.45, 7) is 6.00. The number of aliphatic hydroxyl groups excluding tert-OH is 1. The number of halogens is 2. The first-order chi connectivity index (χ1) is 9.40. The van der Waals surface area contributed by atoms with E-state index in [0.29, 0.717) is 5.56 Å². The maximum absolute atomic E-state index is 13.9. The Morgan fingerprint density at radius 1 is 1.10 bits per heavy atom. The molecule has 2 rings (SSSR count). The van der Waals surface area contributed by atoms with Crippen LogP contribution in [0.4, 0.5) is 4.39 Å². The van der Waals surface area contributed by atoms with Crippen LogP contribution < -0.4 is 0 Å². The van der Waals surface area contributed by atoms with Crippen LogP contribution in [-0.2, 0) is 6.42 Å². The lowest BCUT2D eigenvalue weighted by atomic mass is 9.94. The first-order valence-corrected chi connectivity index (χ1v) is 6.96. The first-order valence-electron chi connectivity index (χ1n) is 6.59. The van der Waals surface area contributed by atoms with Gasteiger partial charge in [-0.2, -0.15) is 0 Å². The second kappa shape index (κ2) is 5.94. The molecule has 1 nitrogen and oxygen atoms in total. The third kappa shape index (κ3) is 3.02. The molecule has 3 heteroatoms. The highest BCUT2D eigenvalue weighted by Crippen LogP contribution is 2.27. The minimum absolute atomic E-state index is 0.0894. The quantitative estimate of drug-likeness (QED) is 0.871. The zero-order valence-corrected chi connectivity index (χ0v) is 12.6. The lowest BCUT2D eigenvalue weighted by molar-refractivity contribution is 0.176. The summed E-state index contributed by atoms with van der Waals surface area (Å²) in [7, 11) is 0. The summed E-state index contributed by atoms with van der Waals surface area (Å²) in [5.74, 6) is -0.449. The highest BCUT2D eigenvalue weighted by Gasteiger charge is 2.15. The van der Waals surface area contributed by atoms with Crippen molar-refractivity contribution in [2.24, 2.45) is 0 Å². The minimum atomic E-state index is -0.734. The average Bonchev–Trinajstić information content (AvgIpc) is 2.39. The molecule has 2 aromatic carbocycles. The van der Waals surface area contributed by atoms with Gasteiger partial charge in [-0.25, -0.2) is 4.39 Å². The van der Waals surface area contributed by atoms with Gasteiger partial charge >= 0.3 is 0 Å². The van der Waals surface area contributed by atoms with E-state index in [0.717, 1.165) is 16.7 Å². The Kier molecular flexibility index (Phi) is 4.46. The number of hydrogen-bond acceptors (Lipinski definition) is 1. The van der Waals surface area contributed by atoms with Gasteiger partial charge in [0.05, 0.1) is 11.1 Å². The third-order valence-corrected chi connectivity index (χ3v) is 3.98. The molecule has 106 valence electrons. The zero-order valence-electron chi connectivity index (χ0n) is 11.9. The van der Waals surface area contributed by atoms with Crippen LogP contribution in [-0.4, -0.2) is 5.11 Å². The van der Waals surface area contributed by atoms with Crippen LogP contribution in [0.5, 0.6) is 0 Å². The molecule has 0 bridgehead atoms. The van der Waals surface area contributed by atoms with E-state index in [1.807, 2.05) is 32.9 Å². The Labute approximate surface area is 124 Å². The molecule has 1 unspecified atom stereocenters. The minimum Gasteiger partial charge on any atom is -0.388 e. The number of hydrogen-bond donors (Lipinski definition) is 1. The van der Waals surface area contributed by atoms with Crippen molar-refractivity contribution in [2.45, 2.75) is 33.3 Å². The van der Waals surface area contributed by atoms with Gasteiger partial charge in [0, 0.05) is 6.42 Å².